The van der Waals surface area contributed by atoms with E-state index < -0.39 is 0 Å². The lowest BCUT2D eigenvalue weighted by Gasteiger charge is -2.12. The Morgan fingerprint density at radius 2 is 2.00 bits per heavy atom. The van der Waals surface area contributed by atoms with Crippen LogP contribution in [0.5, 0.6) is 0 Å². The van der Waals surface area contributed by atoms with Crippen molar-refractivity contribution in [3.8, 4) is 0 Å². The van der Waals surface area contributed by atoms with Crippen molar-refractivity contribution in [1.82, 2.24) is 19.5 Å². The summed E-state index contributed by atoms with van der Waals surface area (Å²) in [6.45, 7) is 3.60. The van der Waals surface area contributed by atoms with Crippen molar-refractivity contribution in [3.63, 3.8) is 0 Å². The number of fused-ring (bicyclic) bond motifs is 1. The third-order valence-corrected chi connectivity index (χ3v) is 3.23. The van der Waals surface area contributed by atoms with E-state index in [2.05, 4.69) is 19.5 Å². The topological polar surface area (TPSA) is 33.4 Å². The maximum atomic E-state index is 4.24. The maximum absolute atomic E-state index is 4.24. The molecule has 0 atom stereocenters. The lowest BCUT2D eigenvalue weighted by molar-refractivity contribution is 0.340. The standard InChI is InChI=1S/C12H16N4/c1-2-9-16-11(5-1)13-14-12(16)6-10-15-7-3-4-8-15/h1-2,5,9H,3-4,6-8,10H2. The van der Waals surface area contributed by atoms with E-state index in [1.54, 1.807) is 0 Å². The van der Waals surface area contributed by atoms with E-state index in [1.165, 1.54) is 25.9 Å². The molecule has 0 amide bonds. The molecule has 0 radical (unpaired) electrons. The molecule has 0 bridgehead atoms. The summed E-state index contributed by atoms with van der Waals surface area (Å²) >= 11 is 0. The molecule has 0 unspecified atom stereocenters. The molecule has 0 saturated carbocycles. The highest BCUT2D eigenvalue weighted by Crippen LogP contribution is 2.09. The molecule has 4 nitrogen and oxygen atoms in total. The molecule has 1 saturated heterocycles. The van der Waals surface area contributed by atoms with Crippen LogP contribution < -0.4 is 0 Å². The first-order chi connectivity index (χ1) is 7.93. The molecule has 0 spiro atoms. The van der Waals surface area contributed by atoms with E-state index in [0.717, 1.165) is 24.4 Å². The molecule has 84 valence electrons. The zero-order valence-electron chi connectivity index (χ0n) is 9.34. The number of nitrogens with zero attached hydrogens (tertiary/aromatic N) is 4. The molecule has 0 aliphatic carbocycles. The summed E-state index contributed by atoms with van der Waals surface area (Å²) in [5.74, 6) is 1.07. The number of hydrogen-bond donors (Lipinski definition) is 0. The molecule has 1 aliphatic rings. The molecule has 3 rings (SSSR count). The Bertz CT molecular complexity index is 471. The van der Waals surface area contributed by atoms with Gasteiger partial charge in [-0.2, -0.15) is 0 Å². The van der Waals surface area contributed by atoms with Crippen molar-refractivity contribution < 1.29 is 0 Å². The van der Waals surface area contributed by atoms with Crippen LogP contribution in [0.25, 0.3) is 5.65 Å². The smallest absolute Gasteiger partial charge is 0.160 e. The van der Waals surface area contributed by atoms with E-state index in [1.807, 2.05) is 24.4 Å². The van der Waals surface area contributed by atoms with Crippen LogP contribution in [0, 0.1) is 0 Å². The minimum atomic E-state index is 0.943. The van der Waals surface area contributed by atoms with Crippen molar-refractivity contribution in [1.29, 1.82) is 0 Å². The molecule has 3 heterocycles. The van der Waals surface area contributed by atoms with Crippen LogP contribution in [0.2, 0.25) is 0 Å². The van der Waals surface area contributed by atoms with Gasteiger partial charge in [0.1, 0.15) is 5.82 Å². The van der Waals surface area contributed by atoms with Crippen LogP contribution in [0.4, 0.5) is 0 Å². The summed E-state index contributed by atoms with van der Waals surface area (Å²) in [5.41, 5.74) is 0.943. The third-order valence-electron chi connectivity index (χ3n) is 3.23. The summed E-state index contributed by atoms with van der Waals surface area (Å²) in [6.07, 6.45) is 5.72. The summed E-state index contributed by atoms with van der Waals surface area (Å²) in [7, 11) is 0. The van der Waals surface area contributed by atoms with E-state index in [9.17, 15) is 0 Å². The quantitative estimate of drug-likeness (QED) is 0.777. The fourth-order valence-electron chi connectivity index (χ4n) is 2.33. The number of rotatable bonds is 3. The molecule has 2 aromatic heterocycles. The van der Waals surface area contributed by atoms with Gasteiger partial charge >= 0.3 is 0 Å². The number of hydrogen-bond acceptors (Lipinski definition) is 3. The first kappa shape index (κ1) is 9.78. The van der Waals surface area contributed by atoms with Gasteiger partial charge in [-0.05, 0) is 38.1 Å². The van der Waals surface area contributed by atoms with E-state index >= 15 is 0 Å². The van der Waals surface area contributed by atoms with Gasteiger partial charge < -0.3 is 4.90 Å². The second-order valence-corrected chi connectivity index (χ2v) is 4.34. The Morgan fingerprint density at radius 1 is 1.12 bits per heavy atom. The molecule has 0 N–H and O–H groups in total. The average molecular weight is 216 g/mol. The van der Waals surface area contributed by atoms with Crippen molar-refractivity contribution in [2.24, 2.45) is 0 Å². The normalized spacial score (nSPS) is 17.2. The van der Waals surface area contributed by atoms with Gasteiger partial charge in [-0.1, -0.05) is 6.07 Å². The van der Waals surface area contributed by atoms with Crippen LogP contribution in [-0.4, -0.2) is 39.1 Å². The van der Waals surface area contributed by atoms with Gasteiger partial charge in [-0.15, -0.1) is 10.2 Å². The second-order valence-electron chi connectivity index (χ2n) is 4.34. The second kappa shape index (κ2) is 4.22. The van der Waals surface area contributed by atoms with Crippen LogP contribution in [-0.2, 0) is 6.42 Å². The van der Waals surface area contributed by atoms with E-state index in [4.69, 9.17) is 0 Å². The largest absolute Gasteiger partial charge is 0.303 e. The van der Waals surface area contributed by atoms with Crippen LogP contribution in [0.15, 0.2) is 24.4 Å². The number of pyridine rings is 1. The van der Waals surface area contributed by atoms with Crippen LogP contribution in [0.3, 0.4) is 0 Å². The Kier molecular flexibility index (Phi) is 2.58. The minimum absolute atomic E-state index is 0.943. The van der Waals surface area contributed by atoms with Gasteiger partial charge in [0.2, 0.25) is 0 Å². The summed E-state index contributed by atoms with van der Waals surface area (Å²) < 4.78 is 2.08. The van der Waals surface area contributed by atoms with Crippen LogP contribution in [0.1, 0.15) is 18.7 Å². The van der Waals surface area contributed by atoms with Crippen LogP contribution >= 0.6 is 0 Å². The zero-order valence-corrected chi connectivity index (χ0v) is 9.34. The van der Waals surface area contributed by atoms with Crippen molar-refractivity contribution >= 4 is 5.65 Å². The fraction of sp³-hybridized carbons (Fsp3) is 0.500. The minimum Gasteiger partial charge on any atom is -0.303 e. The lowest BCUT2D eigenvalue weighted by Crippen LogP contribution is -2.22. The van der Waals surface area contributed by atoms with Gasteiger partial charge in [-0.25, -0.2) is 0 Å². The molecule has 0 aromatic carbocycles. The first-order valence-corrected chi connectivity index (χ1v) is 5.94. The predicted molar refractivity (Wildman–Crippen MR) is 62.4 cm³/mol. The maximum Gasteiger partial charge on any atom is 0.160 e. The van der Waals surface area contributed by atoms with E-state index in [0.29, 0.717) is 0 Å². The monoisotopic (exact) mass is 216 g/mol. The van der Waals surface area contributed by atoms with E-state index in [-0.39, 0.29) is 0 Å². The number of aromatic nitrogens is 3. The van der Waals surface area contributed by atoms with Crippen molar-refractivity contribution in [3.05, 3.63) is 30.2 Å². The van der Waals surface area contributed by atoms with Gasteiger partial charge in [0.25, 0.3) is 0 Å². The zero-order chi connectivity index (χ0) is 10.8. The van der Waals surface area contributed by atoms with Gasteiger partial charge in [0.15, 0.2) is 5.65 Å². The molecule has 1 aliphatic heterocycles. The summed E-state index contributed by atoms with van der Waals surface area (Å²) in [5, 5.41) is 8.40. The Hall–Kier alpha value is -1.42. The molecule has 16 heavy (non-hydrogen) atoms. The Labute approximate surface area is 94.9 Å². The van der Waals surface area contributed by atoms with Crippen molar-refractivity contribution in [2.45, 2.75) is 19.3 Å². The summed E-state index contributed by atoms with van der Waals surface area (Å²) in [6, 6.07) is 6.01. The fourth-order valence-corrected chi connectivity index (χ4v) is 2.33. The molecule has 4 heteroatoms. The predicted octanol–water partition coefficient (Wildman–Crippen LogP) is 1.37. The lowest BCUT2D eigenvalue weighted by atomic mass is 10.3. The first-order valence-electron chi connectivity index (χ1n) is 5.94. The molecule has 2 aromatic rings. The van der Waals surface area contributed by atoms with Gasteiger partial charge in [-0.3, -0.25) is 4.40 Å². The van der Waals surface area contributed by atoms with Gasteiger partial charge in [0, 0.05) is 19.2 Å². The average Bonchev–Trinajstić information content (AvgIpc) is 2.96. The molecule has 1 fully saturated rings. The molecular formula is C12H16N4. The number of likely N-dealkylation sites (tertiary alicyclic amines) is 1. The molecular weight excluding hydrogens is 200 g/mol. The SMILES string of the molecule is c1ccn2c(CCN3CCCC3)nnc2c1. The Balaban J connectivity index is 1.73. The Morgan fingerprint density at radius 3 is 2.88 bits per heavy atom. The third kappa shape index (κ3) is 1.80. The van der Waals surface area contributed by atoms with Crippen molar-refractivity contribution in [2.75, 3.05) is 19.6 Å². The van der Waals surface area contributed by atoms with Gasteiger partial charge in [0.05, 0.1) is 0 Å². The highest BCUT2D eigenvalue weighted by Gasteiger charge is 2.12. The highest BCUT2D eigenvalue weighted by atomic mass is 15.2. The highest BCUT2D eigenvalue weighted by molar-refractivity contribution is 5.36. The summed E-state index contributed by atoms with van der Waals surface area (Å²) in [4.78, 5) is 2.50.